The molecule has 0 saturated carbocycles. The molecule has 8 nitrogen and oxygen atoms in total. The molecule has 0 spiro atoms. The number of aromatic nitrogens is 3. The molecule has 0 aliphatic carbocycles. The first-order valence-electron chi connectivity index (χ1n) is 8.44. The molecule has 4 rings (SSSR count). The van der Waals surface area contributed by atoms with Crippen LogP contribution in [0.5, 0.6) is 0 Å². The lowest BCUT2D eigenvalue weighted by atomic mass is 10.1. The van der Waals surface area contributed by atoms with Crippen LogP contribution in [0.3, 0.4) is 0 Å². The van der Waals surface area contributed by atoms with Crippen molar-refractivity contribution >= 4 is 17.6 Å². The summed E-state index contributed by atoms with van der Waals surface area (Å²) < 4.78 is 1.95. The highest BCUT2D eigenvalue weighted by molar-refractivity contribution is 5.95. The Labute approximate surface area is 158 Å². The van der Waals surface area contributed by atoms with E-state index in [9.17, 15) is 14.4 Å². The molecule has 0 unspecified atom stereocenters. The third-order valence-electron chi connectivity index (χ3n) is 4.16. The molecule has 3 heterocycles. The summed E-state index contributed by atoms with van der Waals surface area (Å²) >= 11 is 0. The van der Waals surface area contributed by atoms with E-state index in [-0.39, 0.29) is 5.69 Å². The molecule has 3 aromatic heterocycles. The Morgan fingerprint density at radius 1 is 1.00 bits per heavy atom. The number of H-pyrrole nitrogens is 2. The fourth-order valence-corrected chi connectivity index (χ4v) is 2.93. The number of rotatable bonds is 4. The Balaban J connectivity index is 1.68. The molecule has 0 aliphatic heterocycles. The predicted octanol–water partition coefficient (Wildman–Crippen LogP) is 1.75. The topological polar surface area (TPSA) is 112 Å². The van der Waals surface area contributed by atoms with Gasteiger partial charge in [-0.2, -0.15) is 5.10 Å². The van der Waals surface area contributed by atoms with Gasteiger partial charge in [-0.05, 0) is 23.8 Å². The first-order valence-corrected chi connectivity index (χ1v) is 8.44. The first kappa shape index (κ1) is 17.2. The molecule has 0 saturated heterocycles. The summed E-state index contributed by atoms with van der Waals surface area (Å²) in [6.45, 7) is 0. The van der Waals surface area contributed by atoms with Gasteiger partial charge < -0.3 is 9.38 Å². The normalized spacial score (nSPS) is 11.1. The van der Waals surface area contributed by atoms with Crippen LogP contribution in [-0.2, 0) is 0 Å². The summed E-state index contributed by atoms with van der Waals surface area (Å²) in [5.74, 6) is -0.693. The lowest BCUT2D eigenvalue weighted by molar-refractivity contribution is 0.0949. The van der Waals surface area contributed by atoms with Crippen molar-refractivity contribution in [3.63, 3.8) is 0 Å². The van der Waals surface area contributed by atoms with Crippen LogP contribution in [0.25, 0.3) is 16.6 Å². The van der Waals surface area contributed by atoms with Gasteiger partial charge >= 0.3 is 5.69 Å². The summed E-state index contributed by atoms with van der Waals surface area (Å²) in [6.07, 6.45) is 3.43. The molecule has 138 valence electrons. The number of nitrogens with zero attached hydrogens (tertiary/aromatic N) is 2. The Bertz CT molecular complexity index is 1270. The highest BCUT2D eigenvalue weighted by Gasteiger charge is 2.11. The van der Waals surface area contributed by atoms with Crippen LogP contribution in [0.4, 0.5) is 0 Å². The van der Waals surface area contributed by atoms with Gasteiger partial charge in [-0.15, -0.1) is 0 Å². The lowest BCUT2D eigenvalue weighted by Gasteiger charge is -2.03. The minimum absolute atomic E-state index is 0.172. The maximum Gasteiger partial charge on any atom is 0.326 e. The van der Waals surface area contributed by atoms with E-state index in [2.05, 4.69) is 15.5 Å². The van der Waals surface area contributed by atoms with Crippen LogP contribution in [0.15, 0.2) is 81.6 Å². The zero-order chi connectivity index (χ0) is 19.5. The molecule has 4 aromatic rings. The van der Waals surface area contributed by atoms with Crippen molar-refractivity contribution in [2.75, 3.05) is 0 Å². The summed E-state index contributed by atoms with van der Waals surface area (Å²) in [7, 11) is 0. The number of amides is 1. The number of nitrogens with one attached hydrogen (secondary N) is 3. The van der Waals surface area contributed by atoms with Crippen molar-refractivity contribution < 1.29 is 4.79 Å². The Hall–Kier alpha value is -4.20. The molecule has 0 aliphatic rings. The number of carbonyl (C=O) groups is 1. The number of fused-ring (bicyclic) bond motifs is 1. The van der Waals surface area contributed by atoms with Gasteiger partial charge in [0.25, 0.3) is 11.5 Å². The maximum atomic E-state index is 12.1. The standard InChI is InChI=1S/C20H15N5O3/c26-18-11-16(22-20(28)23-18)19(27)24-21-12-17-15(13-6-2-1-3-7-13)10-14-8-4-5-9-25(14)17/h1-12H,(H,24,27)(H2,22,23,26,28)/b21-12+. The van der Waals surface area contributed by atoms with Crippen LogP contribution in [-0.4, -0.2) is 26.5 Å². The van der Waals surface area contributed by atoms with Gasteiger partial charge in [-0.1, -0.05) is 36.4 Å². The fraction of sp³-hybridized carbons (Fsp3) is 0. The minimum Gasteiger partial charge on any atom is -0.315 e. The summed E-state index contributed by atoms with van der Waals surface area (Å²) in [5.41, 5.74) is 4.46. The van der Waals surface area contributed by atoms with Crippen LogP contribution < -0.4 is 16.7 Å². The van der Waals surface area contributed by atoms with Gasteiger partial charge in [0.2, 0.25) is 0 Å². The fourth-order valence-electron chi connectivity index (χ4n) is 2.93. The van der Waals surface area contributed by atoms with Crippen LogP contribution >= 0.6 is 0 Å². The molecule has 1 amide bonds. The molecule has 28 heavy (non-hydrogen) atoms. The molecule has 3 N–H and O–H groups in total. The van der Waals surface area contributed by atoms with Crippen molar-refractivity contribution in [1.82, 2.24) is 19.8 Å². The predicted molar refractivity (Wildman–Crippen MR) is 106 cm³/mol. The summed E-state index contributed by atoms with van der Waals surface area (Å²) in [5, 5.41) is 4.01. The molecular weight excluding hydrogens is 358 g/mol. The highest BCUT2D eigenvalue weighted by Crippen LogP contribution is 2.26. The van der Waals surface area contributed by atoms with Crippen molar-refractivity contribution in [2.45, 2.75) is 0 Å². The SMILES string of the molecule is O=C(N/N=C/c1c(-c2ccccc2)cc2ccccn12)c1cc(=O)[nH]c(=O)[nH]1. The van der Waals surface area contributed by atoms with Gasteiger partial charge in [-0.3, -0.25) is 14.6 Å². The van der Waals surface area contributed by atoms with E-state index in [4.69, 9.17) is 0 Å². The second kappa shape index (κ2) is 7.20. The number of pyridine rings is 1. The van der Waals surface area contributed by atoms with Crippen molar-refractivity contribution in [3.8, 4) is 11.1 Å². The van der Waals surface area contributed by atoms with Crippen molar-refractivity contribution in [2.24, 2.45) is 5.10 Å². The van der Waals surface area contributed by atoms with Crippen LogP contribution in [0.1, 0.15) is 16.2 Å². The zero-order valence-electron chi connectivity index (χ0n) is 14.5. The number of hydrogen-bond donors (Lipinski definition) is 3. The molecular formula is C20H15N5O3. The van der Waals surface area contributed by atoms with Gasteiger partial charge in [0, 0.05) is 23.3 Å². The molecule has 8 heteroatoms. The number of hydrogen-bond acceptors (Lipinski definition) is 4. The van der Waals surface area contributed by atoms with E-state index in [1.54, 1.807) is 0 Å². The average Bonchev–Trinajstić information content (AvgIpc) is 3.06. The van der Waals surface area contributed by atoms with E-state index in [0.29, 0.717) is 0 Å². The Morgan fingerprint density at radius 2 is 1.79 bits per heavy atom. The van der Waals surface area contributed by atoms with E-state index >= 15 is 0 Å². The quantitative estimate of drug-likeness (QED) is 0.374. The van der Waals surface area contributed by atoms with Gasteiger partial charge in [0.05, 0.1) is 11.9 Å². The van der Waals surface area contributed by atoms with E-state index in [0.717, 1.165) is 28.4 Å². The second-order valence-electron chi connectivity index (χ2n) is 6.01. The van der Waals surface area contributed by atoms with E-state index in [1.165, 1.54) is 6.21 Å². The van der Waals surface area contributed by atoms with Gasteiger partial charge in [0.1, 0.15) is 5.69 Å². The monoisotopic (exact) mass is 373 g/mol. The van der Waals surface area contributed by atoms with Crippen LogP contribution in [0.2, 0.25) is 0 Å². The largest absolute Gasteiger partial charge is 0.326 e. The molecule has 0 atom stereocenters. The minimum atomic E-state index is -0.759. The van der Waals surface area contributed by atoms with E-state index < -0.39 is 17.2 Å². The maximum absolute atomic E-state index is 12.1. The van der Waals surface area contributed by atoms with Crippen molar-refractivity contribution in [1.29, 1.82) is 0 Å². The zero-order valence-corrected chi connectivity index (χ0v) is 14.5. The van der Waals surface area contributed by atoms with Crippen LogP contribution in [0, 0.1) is 0 Å². The summed E-state index contributed by atoms with van der Waals surface area (Å²) in [4.78, 5) is 39.0. The third kappa shape index (κ3) is 3.38. The molecule has 0 bridgehead atoms. The Kier molecular flexibility index (Phi) is 4.43. The number of carbonyl (C=O) groups excluding carboxylic acids is 1. The second-order valence-corrected chi connectivity index (χ2v) is 6.01. The number of aromatic amines is 2. The third-order valence-corrected chi connectivity index (χ3v) is 4.16. The average molecular weight is 373 g/mol. The molecule has 0 fully saturated rings. The molecule has 1 aromatic carbocycles. The smallest absolute Gasteiger partial charge is 0.315 e. The first-order chi connectivity index (χ1) is 13.6. The van der Waals surface area contributed by atoms with E-state index in [1.807, 2.05) is 70.2 Å². The van der Waals surface area contributed by atoms with Gasteiger partial charge in [-0.25, -0.2) is 10.2 Å². The van der Waals surface area contributed by atoms with Gasteiger partial charge in [0.15, 0.2) is 0 Å². The highest BCUT2D eigenvalue weighted by atomic mass is 16.2. The molecule has 0 radical (unpaired) electrons. The number of hydrazone groups is 1. The van der Waals surface area contributed by atoms with Crippen molar-refractivity contribution in [3.05, 3.63) is 99.1 Å². The number of benzene rings is 1. The Morgan fingerprint density at radius 3 is 2.57 bits per heavy atom. The lowest BCUT2D eigenvalue weighted by Crippen LogP contribution is -2.28. The summed E-state index contributed by atoms with van der Waals surface area (Å²) in [6, 6.07) is 18.7.